The van der Waals surface area contributed by atoms with Crippen LogP contribution in [0.3, 0.4) is 0 Å². The van der Waals surface area contributed by atoms with Crippen LogP contribution in [0.15, 0.2) is 65.6 Å². The first-order valence-corrected chi connectivity index (χ1v) is 12.6. The molecule has 4 rings (SSSR count). The number of amides is 2. The number of hydrogen-bond acceptors (Lipinski definition) is 8. The van der Waals surface area contributed by atoms with Gasteiger partial charge in [-0.3, -0.25) is 24.6 Å². The van der Waals surface area contributed by atoms with E-state index < -0.39 is 4.92 Å². The van der Waals surface area contributed by atoms with Crippen molar-refractivity contribution in [3.05, 3.63) is 97.9 Å². The SMILES string of the molecule is COc1cc(/C=C2\SC(=O)N(CCOc3cc(C)ccc3C)C2=O)ccc1OCc1ccc([N+](=O)[O-])cc1. The van der Waals surface area contributed by atoms with Crippen molar-refractivity contribution in [1.29, 1.82) is 0 Å². The predicted molar refractivity (Wildman–Crippen MR) is 145 cm³/mol. The Bertz CT molecular complexity index is 1400. The molecule has 0 radical (unpaired) electrons. The predicted octanol–water partition coefficient (Wildman–Crippen LogP) is 5.91. The van der Waals surface area contributed by atoms with Gasteiger partial charge in [0.1, 0.15) is 19.0 Å². The summed E-state index contributed by atoms with van der Waals surface area (Å²) in [5, 5.41) is 10.5. The van der Waals surface area contributed by atoms with E-state index >= 15 is 0 Å². The molecule has 0 bridgehead atoms. The van der Waals surface area contributed by atoms with Crippen molar-refractivity contribution in [2.24, 2.45) is 0 Å². The number of aryl methyl sites for hydroxylation is 2. The van der Waals surface area contributed by atoms with E-state index in [9.17, 15) is 19.7 Å². The van der Waals surface area contributed by atoms with Gasteiger partial charge in [-0.25, -0.2) is 0 Å². The number of rotatable bonds is 10. The molecule has 0 spiro atoms. The van der Waals surface area contributed by atoms with Gasteiger partial charge in [0, 0.05) is 12.1 Å². The molecule has 1 heterocycles. The van der Waals surface area contributed by atoms with Gasteiger partial charge in [0.15, 0.2) is 11.5 Å². The number of thioether (sulfide) groups is 1. The lowest BCUT2D eigenvalue weighted by Crippen LogP contribution is -2.32. The van der Waals surface area contributed by atoms with Gasteiger partial charge in [0.25, 0.3) is 16.8 Å². The normalized spacial score (nSPS) is 14.2. The van der Waals surface area contributed by atoms with Crippen molar-refractivity contribution < 1.29 is 28.7 Å². The van der Waals surface area contributed by atoms with Crippen LogP contribution in [0.5, 0.6) is 17.2 Å². The van der Waals surface area contributed by atoms with E-state index in [0.717, 1.165) is 34.2 Å². The highest BCUT2D eigenvalue weighted by molar-refractivity contribution is 8.18. The summed E-state index contributed by atoms with van der Waals surface area (Å²) < 4.78 is 17.1. The summed E-state index contributed by atoms with van der Waals surface area (Å²) in [4.78, 5) is 37.2. The lowest BCUT2D eigenvalue weighted by Gasteiger charge is -2.14. The van der Waals surface area contributed by atoms with E-state index in [0.29, 0.717) is 22.0 Å². The molecule has 196 valence electrons. The Morgan fingerprint density at radius 3 is 2.42 bits per heavy atom. The molecule has 38 heavy (non-hydrogen) atoms. The lowest BCUT2D eigenvalue weighted by atomic mass is 10.1. The zero-order valence-corrected chi connectivity index (χ0v) is 21.9. The largest absolute Gasteiger partial charge is 0.493 e. The lowest BCUT2D eigenvalue weighted by molar-refractivity contribution is -0.384. The van der Waals surface area contributed by atoms with Crippen molar-refractivity contribution in [2.75, 3.05) is 20.3 Å². The summed E-state index contributed by atoms with van der Waals surface area (Å²) in [5.41, 5.74) is 3.49. The van der Waals surface area contributed by atoms with Crippen LogP contribution in [0.4, 0.5) is 10.5 Å². The molecule has 9 nitrogen and oxygen atoms in total. The average molecular weight is 535 g/mol. The third-order valence-electron chi connectivity index (χ3n) is 5.82. The van der Waals surface area contributed by atoms with Crippen LogP contribution in [-0.2, 0) is 11.4 Å². The maximum atomic E-state index is 12.9. The Labute approximate surface area is 224 Å². The molecule has 2 amide bonds. The van der Waals surface area contributed by atoms with Crippen LogP contribution < -0.4 is 14.2 Å². The maximum Gasteiger partial charge on any atom is 0.293 e. The topological polar surface area (TPSA) is 108 Å². The van der Waals surface area contributed by atoms with E-state index in [1.165, 1.54) is 24.1 Å². The number of hydrogen-bond donors (Lipinski definition) is 0. The number of nitrogens with zero attached hydrogens (tertiary/aromatic N) is 2. The van der Waals surface area contributed by atoms with Gasteiger partial charge >= 0.3 is 0 Å². The van der Waals surface area contributed by atoms with E-state index in [4.69, 9.17) is 14.2 Å². The Balaban J connectivity index is 1.39. The Kier molecular flexibility index (Phi) is 8.32. The Morgan fingerprint density at radius 1 is 0.947 bits per heavy atom. The number of carbonyl (C=O) groups excluding carboxylic acids is 2. The van der Waals surface area contributed by atoms with E-state index in [1.807, 2.05) is 32.0 Å². The van der Waals surface area contributed by atoms with Crippen LogP contribution in [0.25, 0.3) is 6.08 Å². The van der Waals surface area contributed by atoms with Gasteiger partial charge in [-0.2, -0.15) is 0 Å². The molecule has 3 aromatic rings. The minimum absolute atomic E-state index is 0.00833. The van der Waals surface area contributed by atoms with Crippen LogP contribution >= 0.6 is 11.8 Å². The zero-order chi connectivity index (χ0) is 27.2. The molecule has 0 aliphatic carbocycles. The Hall–Kier alpha value is -4.31. The minimum Gasteiger partial charge on any atom is -0.493 e. The number of nitro groups is 1. The molecular formula is C28H26N2O7S. The van der Waals surface area contributed by atoms with Crippen molar-refractivity contribution in [1.82, 2.24) is 4.90 Å². The molecule has 3 aromatic carbocycles. The second-order valence-corrected chi connectivity index (χ2v) is 9.57. The van der Waals surface area contributed by atoms with E-state index in [-0.39, 0.29) is 36.6 Å². The Morgan fingerprint density at radius 2 is 1.71 bits per heavy atom. The van der Waals surface area contributed by atoms with Crippen LogP contribution in [0, 0.1) is 24.0 Å². The fourth-order valence-electron chi connectivity index (χ4n) is 3.72. The van der Waals surface area contributed by atoms with Gasteiger partial charge in [0.05, 0.1) is 23.5 Å². The maximum absolute atomic E-state index is 12.9. The van der Waals surface area contributed by atoms with Crippen molar-refractivity contribution in [2.45, 2.75) is 20.5 Å². The third-order valence-corrected chi connectivity index (χ3v) is 6.72. The molecule has 0 saturated carbocycles. The highest BCUT2D eigenvalue weighted by atomic mass is 32.2. The molecule has 0 unspecified atom stereocenters. The van der Waals surface area contributed by atoms with Gasteiger partial charge in [-0.1, -0.05) is 18.2 Å². The fraction of sp³-hybridized carbons (Fsp3) is 0.214. The van der Waals surface area contributed by atoms with Gasteiger partial charge in [-0.05, 0) is 84.3 Å². The van der Waals surface area contributed by atoms with Gasteiger partial charge in [-0.15, -0.1) is 0 Å². The zero-order valence-electron chi connectivity index (χ0n) is 21.1. The molecule has 1 fully saturated rings. The number of imide groups is 1. The summed E-state index contributed by atoms with van der Waals surface area (Å²) in [6, 6.07) is 17.2. The molecule has 1 aliphatic heterocycles. The van der Waals surface area contributed by atoms with Crippen LogP contribution in [0.2, 0.25) is 0 Å². The smallest absolute Gasteiger partial charge is 0.293 e. The number of ether oxygens (including phenoxy) is 3. The summed E-state index contributed by atoms with van der Waals surface area (Å²) >= 11 is 0.880. The van der Waals surface area contributed by atoms with Crippen molar-refractivity contribution in [3.63, 3.8) is 0 Å². The second-order valence-electron chi connectivity index (χ2n) is 8.57. The van der Waals surface area contributed by atoms with Crippen molar-refractivity contribution >= 4 is 34.7 Å². The first-order valence-electron chi connectivity index (χ1n) is 11.7. The first-order chi connectivity index (χ1) is 18.2. The van der Waals surface area contributed by atoms with E-state index in [2.05, 4.69) is 0 Å². The average Bonchev–Trinajstić information content (AvgIpc) is 3.17. The second kappa shape index (κ2) is 11.8. The van der Waals surface area contributed by atoms with Crippen molar-refractivity contribution in [3.8, 4) is 17.2 Å². The first kappa shape index (κ1) is 26.7. The highest BCUT2D eigenvalue weighted by Gasteiger charge is 2.34. The number of nitro benzene ring substituents is 1. The summed E-state index contributed by atoms with van der Waals surface area (Å²) in [7, 11) is 1.50. The summed E-state index contributed by atoms with van der Waals surface area (Å²) in [5.74, 6) is 1.28. The molecule has 0 atom stereocenters. The molecular weight excluding hydrogens is 508 g/mol. The van der Waals surface area contributed by atoms with Crippen LogP contribution in [0.1, 0.15) is 22.3 Å². The van der Waals surface area contributed by atoms with Gasteiger partial charge < -0.3 is 14.2 Å². The monoisotopic (exact) mass is 534 g/mol. The highest BCUT2D eigenvalue weighted by Crippen LogP contribution is 2.35. The molecule has 10 heteroatoms. The summed E-state index contributed by atoms with van der Waals surface area (Å²) in [6.07, 6.45) is 1.64. The molecule has 0 aromatic heterocycles. The minimum atomic E-state index is -0.457. The number of non-ortho nitro benzene ring substituents is 1. The van der Waals surface area contributed by atoms with Gasteiger partial charge in [0.2, 0.25) is 0 Å². The van der Waals surface area contributed by atoms with E-state index in [1.54, 1.807) is 36.4 Å². The standard InChI is InChI=1S/C28H26N2O7S/c1-18-4-5-19(2)24(14-18)36-13-12-29-27(31)26(38-28(29)32)16-21-8-11-23(25(15-21)35-3)37-17-20-6-9-22(10-7-20)30(33)34/h4-11,14-16H,12-13,17H2,1-3H3/b26-16-. The fourth-order valence-corrected chi connectivity index (χ4v) is 4.59. The molecule has 0 N–H and O–H groups in total. The van der Waals surface area contributed by atoms with Crippen LogP contribution in [-0.4, -0.2) is 41.2 Å². The quantitative estimate of drug-likeness (QED) is 0.179. The molecule has 1 saturated heterocycles. The number of methoxy groups -OCH3 is 1. The number of carbonyl (C=O) groups is 2. The third kappa shape index (κ3) is 6.33. The summed E-state index contributed by atoms with van der Waals surface area (Å²) in [6.45, 7) is 4.45. The molecule has 1 aliphatic rings. The number of benzene rings is 3.